The van der Waals surface area contributed by atoms with E-state index in [9.17, 15) is 9.59 Å². The zero-order chi connectivity index (χ0) is 34.1. The number of rotatable bonds is 28. The highest BCUT2D eigenvalue weighted by Gasteiger charge is 2.27. The molecule has 1 heterocycles. The van der Waals surface area contributed by atoms with Crippen LogP contribution in [0.5, 0.6) is 0 Å². The SMILES string of the molecule is CCCCCCCCCCCCCCN(CCCCCCCC=O)CCC1CCN(C(=O)OC(C)(C)C)CC1.CCCCCOC. The number of ether oxygens (including phenoxy) is 2. The fourth-order valence-electron chi connectivity index (χ4n) is 6.20. The average molecular weight is 653 g/mol. The zero-order valence-electron chi connectivity index (χ0n) is 31.9. The van der Waals surface area contributed by atoms with Crippen LogP contribution < -0.4 is 0 Å². The van der Waals surface area contributed by atoms with E-state index in [1.807, 2.05) is 25.7 Å². The Kier molecular flexibility index (Phi) is 31.6. The smallest absolute Gasteiger partial charge is 0.410 e. The number of carbonyl (C=O) groups is 2. The van der Waals surface area contributed by atoms with E-state index in [0.717, 1.165) is 57.6 Å². The second kappa shape index (κ2) is 32.4. The van der Waals surface area contributed by atoms with Crippen molar-refractivity contribution < 1.29 is 19.1 Å². The number of carbonyl (C=O) groups excluding carboxylic acids is 2. The first-order valence-corrected chi connectivity index (χ1v) is 19.9. The lowest BCUT2D eigenvalue weighted by molar-refractivity contribution is -0.107. The Labute approximate surface area is 287 Å². The molecule has 0 unspecified atom stereocenters. The highest BCUT2D eigenvalue weighted by molar-refractivity contribution is 5.68. The zero-order valence-corrected chi connectivity index (χ0v) is 31.9. The molecule has 1 fully saturated rings. The van der Waals surface area contributed by atoms with E-state index in [0.29, 0.717) is 0 Å². The molecular formula is C40H80N2O4. The Bertz CT molecular complexity index is 654. The second-order valence-corrected chi connectivity index (χ2v) is 14.9. The molecule has 1 aliphatic heterocycles. The van der Waals surface area contributed by atoms with Crippen LogP contribution in [-0.4, -0.2) is 74.2 Å². The molecule has 0 aromatic carbocycles. The first-order chi connectivity index (χ1) is 22.3. The number of amides is 1. The van der Waals surface area contributed by atoms with Crippen LogP contribution in [0.4, 0.5) is 4.79 Å². The monoisotopic (exact) mass is 653 g/mol. The molecule has 0 aromatic heterocycles. The summed E-state index contributed by atoms with van der Waals surface area (Å²) < 4.78 is 10.4. The third-order valence-electron chi connectivity index (χ3n) is 9.20. The molecule has 1 rings (SSSR count). The summed E-state index contributed by atoms with van der Waals surface area (Å²) in [6, 6.07) is 0. The summed E-state index contributed by atoms with van der Waals surface area (Å²) in [5, 5.41) is 0. The third kappa shape index (κ3) is 30.2. The molecule has 274 valence electrons. The highest BCUT2D eigenvalue weighted by atomic mass is 16.6. The predicted molar refractivity (Wildman–Crippen MR) is 198 cm³/mol. The molecular weight excluding hydrogens is 572 g/mol. The molecule has 0 aromatic rings. The Hall–Kier alpha value is -1.14. The Morgan fingerprint density at radius 1 is 0.696 bits per heavy atom. The molecule has 0 atom stereocenters. The Morgan fingerprint density at radius 2 is 1.15 bits per heavy atom. The van der Waals surface area contributed by atoms with Crippen molar-refractivity contribution in [3.63, 3.8) is 0 Å². The van der Waals surface area contributed by atoms with Gasteiger partial charge in [0, 0.05) is 33.2 Å². The maximum absolute atomic E-state index is 12.4. The third-order valence-corrected chi connectivity index (χ3v) is 9.20. The van der Waals surface area contributed by atoms with Crippen LogP contribution in [0.15, 0.2) is 0 Å². The van der Waals surface area contributed by atoms with Crippen molar-refractivity contribution in [2.75, 3.05) is 46.4 Å². The summed E-state index contributed by atoms with van der Waals surface area (Å²) in [6.45, 7) is 16.5. The van der Waals surface area contributed by atoms with Crippen LogP contribution in [0.25, 0.3) is 0 Å². The molecule has 0 N–H and O–H groups in total. The van der Waals surface area contributed by atoms with Gasteiger partial charge in [0.05, 0.1) is 0 Å². The van der Waals surface area contributed by atoms with E-state index < -0.39 is 5.60 Å². The van der Waals surface area contributed by atoms with Crippen molar-refractivity contribution >= 4 is 12.4 Å². The van der Waals surface area contributed by atoms with Gasteiger partial charge < -0.3 is 24.1 Å². The van der Waals surface area contributed by atoms with Crippen LogP contribution in [-0.2, 0) is 14.3 Å². The van der Waals surface area contributed by atoms with Crippen molar-refractivity contribution in [1.82, 2.24) is 9.80 Å². The van der Waals surface area contributed by atoms with Crippen LogP contribution >= 0.6 is 0 Å². The Morgan fingerprint density at radius 3 is 1.61 bits per heavy atom. The van der Waals surface area contributed by atoms with Gasteiger partial charge in [-0.1, -0.05) is 117 Å². The van der Waals surface area contributed by atoms with Gasteiger partial charge in [-0.05, 0) is 91.3 Å². The Balaban J connectivity index is 0.00000258. The minimum Gasteiger partial charge on any atom is -0.444 e. The van der Waals surface area contributed by atoms with Crippen LogP contribution in [0.1, 0.15) is 189 Å². The van der Waals surface area contributed by atoms with Crippen LogP contribution in [0, 0.1) is 5.92 Å². The fraction of sp³-hybridized carbons (Fsp3) is 0.950. The number of hydrogen-bond donors (Lipinski definition) is 0. The average Bonchev–Trinajstić information content (AvgIpc) is 3.03. The van der Waals surface area contributed by atoms with Crippen LogP contribution in [0.2, 0.25) is 0 Å². The first-order valence-electron chi connectivity index (χ1n) is 19.9. The van der Waals surface area contributed by atoms with Crippen LogP contribution in [0.3, 0.4) is 0 Å². The number of aldehydes is 1. The minimum atomic E-state index is -0.420. The van der Waals surface area contributed by atoms with Crippen molar-refractivity contribution in [3.8, 4) is 0 Å². The largest absolute Gasteiger partial charge is 0.444 e. The number of piperidine rings is 1. The fourth-order valence-corrected chi connectivity index (χ4v) is 6.20. The standard InChI is InChI=1S/C34H66N2O3.C6H14O/c1-5-6-7-8-9-10-11-12-13-14-17-20-26-35(27-21-18-15-16-19-22-31-37)28-23-32-24-29-36(30-25-32)33(38)39-34(2,3)4;1-3-4-5-6-7-2/h31-32H,5-30H2,1-4H3;3-6H2,1-2H3. The van der Waals surface area contributed by atoms with Gasteiger partial charge in [-0.2, -0.15) is 0 Å². The quantitative estimate of drug-likeness (QED) is 0.0622. The number of methoxy groups -OCH3 is 1. The molecule has 6 heteroatoms. The number of nitrogens with zero attached hydrogens (tertiary/aromatic N) is 2. The van der Waals surface area contributed by atoms with E-state index in [4.69, 9.17) is 9.47 Å². The number of likely N-dealkylation sites (tertiary alicyclic amines) is 1. The molecule has 0 saturated carbocycles. The summed E-state index contributed by atoms with van der Waals surface area (Å²) in [6.07, 6.45) is 31.7. The second-order valence-electron chi connectivity index (χ2n) is 14.9. The van der Waals surface area contributed by atoms with Crippen molar-refractivity contribution in [1.29, 1.82) is 0 Å². The molecule has 46 heavy (non-hydrogen) atoms. The van der Waals surface area contributed by atoms with E-state index in [2.05, 4.69) is 18.7 Å². The lowest BCUT2D eigenvalue weighted by Gasteiger charge is -2.34. The summed E-state index contributed by atoms with van der Waals surface area (Å²) in [5.41, 5.74) is -0.420. The van der Waals surface area contributed by atoms with Crippen molar-refractivity contribution in [2.24, 2.45) is 5.92 Å². The number of unbranched alkanes of at least 4 members (excludes halogenated alkanes) is 18. The topological polar surface area (TPSA) is 59.1 Å². The molecule has 6 nitrogen and oxygen atoms in total. The lowest BCUT2D eigenvalue weighted by atomic mass is 9.93. The summed E-state index contributed by atoms with van der Waals surface area (Å²) in [7, 11) is 1.75. The molecule has 0 bridgehead atoms. The summed E-state index contributed by atoms with van der Waals surface area (Å²) in [5.74, 6) is 0.719. The summed E-state index contributed by atoms with van der Waals surface area (Å²) >= 11 is 0. The van der Waals surface area contributed by atoms with E-state index in [1.54, 1.807) is 7.11 Å². The van der Waals surface area contributed by atoms with Gasteiger partial charge >= 0.3 is 6.09 Å². The van der Waals surface area contributed by atoms with Gasteiger partial charge in [0.2, 0.25) is 0 Å². The highest BCUT2D eigenvalue weighted by Crippen LogP contribution is 2.23. The maximum Gasteiger partial charge on any atom is 0.410 e. The first kappa shape index (κ1) is 44.9. The number of hydrogen-bond acceptors (Lipinski definition) is 5. The van der Waals surface area contributed by atoms with Gasteiger partial charge in [-0.15, -0.1) is 0 Å². The minimum absolute atomic E-state index is 0.150. The normalized spacial score (nSPS) is 13.9. The molecule has 1 saturated heterocycles. The molecule has 0 radical (unpaired) electrons. The summed E-state index contributed by atoms with van der Waals surface area (Å²) in [4.78, 5) is 27.5. The molecule has 0 spiro atoms. The molecule has 0 aliphatic carbocycles. The van der Waals surface area contributed by atoms with Gasteiger partial charge in [0.15, 0.2) is 0 Å². The molecule has 1 aliphatic rings. The van der Waals surface area contributed by atoms with Gasteiger partial charge in [0.1, 0.15) is 11.9 Å². The maximum atomic E-state index is 12.4. The van der Waals surface area contributed by atoms with Crippen molar-refractivity contribution in [2.45, 2.75) is 194 Å². The van der Waals surface area contributed by atoms with Gasteiger partial charge in [0.25, 0.3) is 0 Å². The lowest BCUT2D eigenvalue weighted by Crippen LogP contribution is -2.42. The van der Waals surface area contributed by atoms with E-state index >= 15 is 0 Å². The van der Waals surface area contributed by atoms with Crippen molar-refractivity contribution in [3.05, 3.63) is 0 Å². The van der Waals surface area contributed by atoms with Gasteiger partial charge in [-0.25, -0.2) is 4.79 Å². The van der Waals surface area contributed by atoms with Gasteiger partial charge in [-0.3, -0.25) is 0 Å². The van der Waals surface area contributed by atoms with E-state index in [-0.39, 0.29) is 6.09 Å². The van der Waals surface area contributed by atoms with E-state index in [1.165, 1.54) is 148 Å². The molecule has 1 amide bonds. The predicted octanol–water partition coefficient (Wildman–Crippen LogP) is 11.4.